The van der Waals surface area contributed by atoms with E-state index in [0.29, 0.717) is 0 Å². The van der Waals surface area contributed by atoms with Crippen LogP contribution >= 0.6 is 0 Å². The largest absolute Gasteiger partial charge is 0.478 e. The molecular weight excluding hydrogens is 296 g/mol. The van der Waals surface area contributed by atoms with Crippen molar-refractivity contribution in [2.45, 2.75) is 6.54 Å². The Labute approximate surface area is 123 Å². The van der Waals surface area contributed by atoms with Gasteiger partial charge in [-0.1, -0.05) is 0 Å². The molecule has 1 amide bonds. The van der Waals surface area contributed by atoms with Crippen molar-refractivity contribution in [3.8, 4) is 0 Å². The molecule has 0 aromatic carbocycles. The highest BCUT2D eigenvalue weighted by Gasteiger charge is 2.20. The Kier molecular flexibility index (Phi) is 4.15. The van der Waals surface area contributed by atoms with Crippen molar-refractivity contribution in [3.63, 3.8) is 0 Å². The van der Waals surface area contributed by atoms with Gasteiger partial charge in [0.25, 0.3) is 5.91 Å². The van der Waals surface area contributed by atoms with Crippen LogP contribution in [0.5, 0.6) is 0 Å². The Morgan fingerprint density at radius 2 is 2.18 bits per heavy atom. The number of carboxylic acid groups (broad SMARTS) is 1. The molecular formula is C11H12N6O5. The molecule has 0 aliphatic rings. The molecule has 116 valence electrons. The van der Waals surface area contributed by atoms with Gasteiger partial charge in [0.05, 0.1) is 11.5 Å². The molecule has 0 aliphatic heterocycles. The quantitative estimate of drug-likeness (QED) is 0.548. The number of carbonyl (C=O) groups is 2. The molecule has 0 bridgehead atoms. The summed E-state index contributed by atoms with van der Waals surface area (Å²) in [7, 11) is 1.51. The first-order valence-electron chi connectivity index (χ1n) is 6.10. The number of nitrogens with zero attached hydrogens (tertiary/aromatic N) is 5. The van der Waals surface area contributed by atoms with E-state index in [1.165, 1.54) is 28.8 Å². The van der Waals surface area contributed by atoms with Gasteiger partial charge in [0.2, 0.25) is 0 Å². The Balaban J connectivity index is 1.95. The Bertz CT molecular complexity index is 733. The second-order valence-electron chi connectivity index (χ2n) is 4.34. The van der Waals surface area contributed by atoms with Crippen molar-refractivity contribution in [3.05, 3.63) is 40.0 Å². The van der Waals surface area contributed by atoms with E-state index in [0.717, 1.165) is 6.20 Å². The van der Waals surface area contributed by atoms with Gasteiger partial charge in [-0.05, 0) is 0 Å². The van der Waals surface area contributed by atoms with E-state index in [4.69, 9.17) is 5.11 Å². The molecule has 0 spiro atoms. The van der Waals surface area contributed by atoms with Gasteiger partial charge < -0.3 is 10.4 Å². The summed E-state index contributed by atoms with van der Waals surface area (Å²) >= 11 is 0. The van der Waals surface area contributed by atoms with Crippen LogP contribution in [0.15, 0.2) is 18.6 Å². The monoisotopic (exact) mass is 308 g/mol. The van der Waals surface area contributed by atoms with E-state index in [2.05, 4.69) is 15.5 Å². The number of nitro groups is 1. The van der Waals surface area contributed by atoms with Crippen molar-refractivity contribution >= 4 is 17.6 Å². The van der Waals surface area contributed by atoms with Gasteiger partial charge >= 0.3 is 11.7 Å². The number of nitrogens with one attached hydrogen (secondary N) is 1. The summed E-state index contributed by atoms with van der Waals surface area (Å²) in [5, 5.41) is 29.5. The highest BCUT2D eigenvalue weighted by atomic mass is 16.6. The summed E-state index contributed by atoms with van der Waals surface area (Å²) in [6.45, 7) is 0.322. The number of carbonyl (C=O) groups excluding carboxylic acids is 1. The maximum atomic E-state index is 11.9. The third-order valence-electron chi connectivity index (χ3n) is 2.73. The van der Waals surface area contributed by atoms with Crippen LogP contribution < -0.4 is 5.32 Å². The first-order chi connectivity index (χ1) is 10.4. The number of hydrogen-bond donors (Lipinski definition) is 2. The summed E-state index contributed by atoms with van der Waals surface area (Å²) in [4.78, 5) is 32.8. The fourth-order valence-corrected chi connectivity index (χ4v) is 1.75. The van der Waals surface area contributed by atoms with Gasteiger partial charge in [-0.3, -0.25) is 24.3 Å². The molecule has 0 radical (unpaired) electrons. The van der Waals surface area contributed by atoms with Crippen LogP contribution in [0, 0.1) is 10.1 Å². The summed E-state index contributed by atoms with van der Waals surface area (Å²) < 4.78 is 2.53. The second kappa shape index (κ2) is 6.03. The topological polar surface area (TPSA) is 145 Å². The Morgan fingerprint density at radius 1 is 1.45 bits per heavy atom. The highest BCUT2D eigenvalue weighted by molar-refractivity contribution is 6.03. The number of aryl methyl sites for hydroxylation is 1. The summed E-state index contributed by atoms with van der Waals surface area (Å²) in [5.41, 5.74) is -0.541. The van der Waals surface area contributed by atoms with E-state index >= 15 is 0 Å². The molecule has 2 heterocycles. The molecule has 2 rings (SSSR count). The lowest BCUT2D eigenvalue weighted by molar-refractivity contribution is -0.385. The normalized spacial score (nSPS) is 10.4. The molecule has 22 heavy (non-hydrogen) atoms. The van der Waals surface area contributed by atoms with Crippen LogP contribution in [0.2, 0.25) is 0 Å². The van der Waals surface area contributed by atoms with Crippen LogP contribution in [0.3, 0.4) is 0 Å². The molecule has 0 atom stereocenters. The predicted octanol–water partition coefficient (Wildman–Crippen LogP) is -0.347. The molecule has 2 aromatic rings. The minimum absolute atomic E-state index is 0.118. The van der Waals surface area contributed by atoms with Crippen LogP contribution in [0.1, 0.15) is 20.8 Å². The average molecular weight is 308 g/mol. The Morgan fingerprint density at radius 3 is 2.77 bits per heavy atom. The summed E-state index contributed by atoms with van der Waals surface area (Å²) in [6, 6.07) is 0. The van der Waals surface area contributed by atoms with Gasteiger partial charge in [-0.2, -0.15) is 10.2 Å². The zero-order valence-corrected chi connectivity index (χ0v) is 11.5. The van der Waals surface area contributed by atoms with Crippen molar-refractivity contribution in [2.24, 2.45) is 7.05 Å². The van der Waals surface area contributed by atoms with Gasteiger partial charge in [-0.25, -0.2) is 4.79 Å². The first-order valence-corrected chi connectivity index (χ1v) is 6.10. The fraction of sp³-hybridized carbons (Fsp3) is 0.273. The maximum Gasteiger partial charge on any atom is 0.339 e. The third-order valence-corrected chi connectivity index (χ3v) is 2.73. The van der Waals surface area contributed by atoms with Crippen molar-refractivity contribution in [1.82, 2.24) is 24.9 Å². The maximum absolute atomic E-state index is 11.9. The van der Waals surface area contributed by atoms with E-state index < -0.39 is 16.8 Å². The molecule has 11 nitrogen and oxygen atoms in total. The zero-order chi connectivity index (χ0) is 16.3. The van der Waals surface area contributed by atoms with Crippen molar-refractivity contribution in [2.75, 3.05) is 6.54 Å². The van der Waals surface area contributed by atoms with E-state index in [-0.39, 0.29) is 30.0 Å². The molecule has 0 unspecified atom stereocenters. The number of amides is 1. The molecule has 2 aromatic heterocycles. The minimum atomic E-state index is -1.25. The lowest BCUT2D eigenvalue weighted by Gasteiger charge is -2.03. The van der Waals surface area contributed by atoms with E-state index in [1.807, 2.05) is 0 Å². The van der Waals surface area contributed by atoms with Gasteiger partial charge in [0, 0.05) is 19.8 Å². The Hall–Kier alpha value is -3.24. The van der Waals surface area contributed by atoms with Crippen LogP contribution in [0.4, 0.5) is 5.69 Å². The van der Waals surface area contributed by atoms with Gasteiger partial charge in [0.15, 0.2) is 5.69 Å². The zero-order valence-electron chi connectivity index (χ0n) is 11.5. The van der Waals surface area contributed by atoms with Crippen molar-refractivity contribution < 1.29 is 19.6 Å². The van der Waals surface area contributed by atoms with Crippen LogP contribution in [0.25, 0.3) is 0 Å². The van der Waals surface area contributed by atoms with Gasteiger partial charge in [-0.15, -0.1) is 0 Å². The van der Waals surface area contributed by atoms with Gasteiger partial charge in [0.1, 0.15) is 18.0 Å². The minimum Gasteiger partial charge on any atom is -0.478 e. The number of carboxylic acids is 1. The molecule has 0 saturated carbocycles. The smallest absolute Gasteiger partial charge is 0.339 e. The first kappa shape index (κ1) is 15.2. The fourth-order valence-electron chi connectivity index (χ4n) is 1.75. The molecule has 11 heteroatoms. The average Bonchev–Trinajstić information content (AvgIpc) is 3.05. The van der Waals surface area contributed by atoms with Crippen LogP contribution in [-0.2, 0) is 13.6 Å². The lowest BCUT2D eigenvalue weighted by Crippen LogP contribution is -2.29. The number of rotatable bonds is 6. The summed E-state index contributed by atoms with van der Waals surface area (Å²) in [6.07, 6.45) is 3.56. The third kappa shape index (κ3) is 3.26. The highest BCUT2D eigenvalue weighted by Crippen LogP contribution is 2.08. The number of hydrogen-bond acceptors (Lipinski definition) is 6. The molecule has 0 aliphatic carbocycles. The van der Waals surface area contributed by atoms with E-state index in [1.54, 1.807) is 0 Å². The second-order valence-corrected chi connectivity index (χ2v) is 4.34. The SMILES string of the molecule is Cn1cc(C(=O)O)c(C(=O)NCCn2cc([N+](=O)[O-])cn2)n1. The predicted molar refractivity (Wildman–Crippen MR) is 71.4 cm³/mol. The van der Waals surface area contributed by atoms with E-state index in [9.17, 15) is 19.7 Å². The standard InChI is InChI=1S/C11H12N6O5/c1-15-6-8(11(19)20)9(14-15)10(18)12-2-3-16-5-7(4-13-16)17(21)22/h4-6H,2-3H2,1H3,(H,12,18)(H,19,20). The molecule has 2 N–H and O–H groups in total. The summed E-state index contributed by atoms with van der Waals surface area (Å²) in [5.74, 6) is -1.89. The lowest BCUT2D eigenvalue weighted by atomic mass is 10.2. The van der Waals surface area contributed by atoms with Crippen LogP contribution in [-0.4, -0.2) is 48.0 Å². The van der Waals surface area contributed by atoms with Crippen molar-refractivity contribution in [1.29, 1.82) is 0 Å². The number of aromatic carboxylic acids is 1. The molecule has 0 fully saturated rings. The molecule has 0 saturated heterocycles. The number of aromatic nitrogens is 4.